The normalized spacial score (nSPS) is 21.9. The minimum Gasteiger partial charge on any atom is -0.392 e. The van der Waals surface area contributed by atoms with Crippen LogP contribution in [0.2, 0.25) is 0 Å². The van der Waals surface area contributed by atoms with E-state index in [1.165, 1.54) is 0 Å². The molecule has 2 amide bonds. The minimum atomic E-state index is -0.404. The summed E-state index contributed by atoms with van der Waals surface area (Å²) in [6.45, 7) is 0.464. The first-order chi connectivity index (χ1) is 9.61. The largest absolute Gasteiger partial charge is 0.392 e. The van der Waals surface area contributed by atoms with Crippen molar-refractivity contribution < 1.29 is 14.7 Å². The molecule has 1 unspecified atom stereocenters. The monoisotopic (exact) mass is 290 g/mol. The third-order valence-electron chi connectivity index (χ3n) is 3.85. The summed E-state index contributed by atoms with van der Waals surface area (Å²) in [6, 6.07) is 5.21. The van der Waals surface area contributed by atoms with Crippen LogP contribution in [-0.2, 0) is 22.7 Å². The Morgan fingerprint density at radius 3 is 2.90 bits per heavy atom. The van der Waals surface area contributed by atoms with E-state index in [4.69, 9.17) is 12.2 Å². The predicted molar refractivity (Wildman–Crippen MR) is 75.8 cm³/mol. The van der Waals surface area contributed by atoms with Gasteiger partial charge in [-0.15, -0.1) is 0 Å². The molecule has 20 heavy (non-hydrogen) atoms. The van der Waals surface area contributed by atoms with Crippen molar-refractivity contribution in [2.45, 2.75) is 32.0 Å². The van der Waals surface area contributed by atoms with Gasteiger partial charge < -0.3 is 10.0 Å². The lowest BCUT2D eigenvalue weighted by molar-refractivity contribution is -0.136. The SMILES string of the molecule is O=C1CCC(N2Cc3c(CO)cccc3C2=S)C(=O)N1. The van der Waals surface area contributed by atoms with Crippen LogP contribution in [0, 0.1) is 0 Å². The molecule has 0 saturated carbocycles. The van der Waals surface area contributed by atoms with Crippen molar-refractivity contribution in [2.75, 3.05) is 0 Å². The second kappa shape index (κ2) is 4.96. The molecule has 0 spiro atoms. The zero-order valence-corrected chi connectivity index (χ0v) is 11.6. The second-order valence-electron chi connectivity index (χ2n) is 5.00. The third-order valence-corrected chi connectivity index (χ3v) is 4.30. The summed E-state index contributed by atoms with van der Waals surface area (Å²) in [5, 5.41) is 11.7. The average molecular weight is 290 g/mol. The maximum absolute atomic E-state index is 12.0. The molecule has 0 radical (unpaired) electrons. The van der Waals surface area contributed by atoms with E-state index in [1.807, 2.05) is 23.1 Å². The first-order valence-electron chi connectivity index (χ1n) is 6.48. The van der Waals surface area contributed by atoms with Crippen LogP contribution in [0.4, 0.5) is 0 Å². The van der Waals surface area contributed by atoms with Gasteiger partial charge in [0.2, 0.25) is 11.8 Å². The van der Waals surface area contributed by atoms with Crippen molar-refractivity contribution in [1.82, 2.24) is 10.2 Å². The zero-order chi connectivity index (χ0) is 14.3. The van der Waals surface area contributed by atoms with Gasteiger partial charge in [0, 0.05) is 18.5 Å². The molecule has 1 atom stereocenters. The number of hydrogen-bond donors (Lipinski definition) is 2. The number of aliphatic hydroxyl groups is 1. The number of thiocarbonyl (C=S) groups is 1. The molecule has 1 saturated heterocycles. The first kappa shape index (κ1) is 13.2. The number of hydrogen-bond acceptors (Lipinski definition) is 4. The Kier molecular flexibility index (Phi) is 3.27. The van der Waals surface area contributed by atoms with Gasteiger partial charge in [-0.3, -0.25) is 14.9 Å². The molecule has 0 bridgehead atoms. The first-order valence-corrected chi connectivity index (χ1v) is 6.89. The Morgan fingerprint density at radius 2 is 2.20 bits per heavy atom. The van der Waals surface area contributed by atoms with E-state index in [1.54, 1.807) is 0 Å². The topological polar surface area (TPSA) is 69.6 Å². The lowest BCUT2D eigenvalue weighted by Gasteiger charge is -2.30. The van der Waals surface area contributed by atoms with Crippen molar-refractivity contribution in [3.8, 4) is 0 Å². The van der Waals surface area contributed by atoms with Crippen molar-refractivity contribution >= 4 is 29.0 Å². The van der Waals surface area contributed by atoms with Crippen molar-refractivity contribution in [1.29, 1.82) is 0 Å². The molecule has 0 aromatic heterocycles. The van der Waals surface area contributed by atoms with E-state index in [2.05, 4.69) is 5.32 Å². The molecule has 104 valence electrons. The molecule has 2 aliphatic heterocycles. The zero-order valence-electron chi connectivity index (χ0n) is 10.8. The number of nitrogens with zero attached hydrogens (tertiary/aromatic N) is 1. The summed E-state index contributed by atoms with van der Waals surface area (Å²) in [6.07, 6.45) is 0.811. The van der Waals surface area contributed by atoms with Crippen LogP contribution in [0.5, 0.6) is 0 Å². The fourth-order valence-electron chi connectivity index (χ4n) is 2.80. The maximum Gasteiger partial charge on any atom is 0.249 e. The molecule has 1 fully saturated rings. The van der Waals surface area contributed by atoms with Crippen LogP contribution in [0.25, 0.3) is 0 Å². The Labute approximate surface area is 121 Å². The fraction of sp³-hybridized carbons (Fsp3) is 0.357. The molecule has 2 aliphatic rings. The van der Waals surface area contributed by atoms with E-state index in [0.29, 0.717) is 24.4 Å². The molecule has 5 nitrogen and oxygen atoms in total. The Bertz CT molecular complexity index is 614. The highest BCUT2D eigenvalue weighted by Gasteiger charge is 2.37. The Hall–Kier alpha value is -1.79. The number of amides is 2. The van der Waals surface area contributed by atoms with Gasteiger partial charge in [-0.25, -0.2) is 0 Å². The van der Waals surface area contributed by atoms with Gasteiger partial charge >= 0.3 is 0 Å². The molecular weight excluding hydrogens is 276 g/mol. The van der Waals surface area contributed by atoms with Crippen molar-refractivity contribution in [3.63, 3.8) is 0 Å². The maximum atomic E-state index is 12.0. The van der Waals surface area contributed by atoms with Crippen LogP contribution in [-0.4, -0.2) is 32.9 Å². The molecule has 2 N–H and O–H groups in total. The van der Waals surface area contributed by atoms with E-state index in [-0.39, 0.29) is 18.4 Å². The summed E-state index contributed by atoms with van der Waals surface area (Å²) in [5.41, 5.74) is 2.71. The molecule has 1 aromatic rings. The van der Waals surface area contributed by atoms with E-state index >= 15 is 0 Å². The van der Waals surface area contributed by atoms with E-state index in [0.717, 1.165) is 16.7 Å². The van der Waals surface area contributed by atoms with Crippen LogP contribution < -0.4 is 5.32 Å². The predicted octanol–water partition coefficient (Wildman–Crippen LogP) is 0.475. The second-order valence-corrected chi connectivity index (χ2v) is 5.39. The average Bonchev–Trinajstić information content (AvgIpc) is 2.76. The van der Waals surface area contributed by atoms with Gasteiger partial charge in [-0.1, -0.05) is 30.4 Å². The van der Waals surface area contributed by atoms with Crippen LogP contribution in [0.3, 0.4) is 0 Å². The number of benzene rings is 1. The number of carbonyl (C=O) groups excluding carboxylic acids is 2. The van der Waals surface area contributed by atoms with Gasteiger partial charge in [-0.2, -0.15) is 0 Å². The van der Waals surface area contributed by atoms with Crippen LogP contribution >= 0.6 is 12.2 Å². The quantitative estimate of drug-likeness (QED) is 0.612. The third kappa shape index (κ3) is 2.01. The number of rotatable bonds is 2. The smallest absolute Gasteiger partial charge is 0.249 e. The minimum absolute atomic E-state index is 0.0467. The van der Waals surface area contributed by atoms with Gasteiger partial charge in [-0.05, 0) is 17.5 Å². The number of fused-ring (bicyclic) bond motifs is 1. The van der Waals surface area contributed by atoms with Gasteiger partial charge in [0.25, 0.3) is 0 Å². The highest BCUT2D eigenvalue weighted by molar-refractivity contribution is 7.80. The van der Waals surface area contributed by atoms with Crippen LogP contribution in [0.15, 0.2) is 18.2 Å². The summed E-state index contributed by atoms with van der Waals surface area (Å²) < 4.78 is 0. The number of carbonyl (C=O) groups is 2. The van der Waals surface area contributed by atoms with Gasteiger partial charge in [0.05, 0.1) is 6.61 Å². The van der Waals surface area contributed by atoms with Gasteiger partial charge in [0.1, 0.15) is 11.0 Å². The fourth-order valence-corrected chi connectivity index (χ4v) is 3.18. The lowest BCUT2D eigenvalue weighted by Crippen LogP contribution is -2.52. The van der Waals surface area contributed by atoms with E-state index in [9.17, 15) is 14.7 Å². The van der Waals surface area contributed by atoms with E-state index < -0.39 is 6.04 Å². The standard InChI is InChI=1S/C14H14N2O3S/c17-7-8-2-1-3-9-10(8)6-16(14(9)20)11-4-5-12(18)15-13(11)19/h1-3,11,17H,4-7H2,(H,15,18,19). The molecule has 6 heteroatoms. The molecular formula is C14H14N2O3S. The molecule has 0 aliphatic carbocycles. The van der Waals surface area contributed by atoms with Gasteiger partial charge in [0.15, 0.2) is 0 Å². The summed E-state index contributed by atoms with van der Waals surface area (Å²) >= 11 is 5.45. The summed E-state index contributed by atoms with van der Waals surface area (Å²) in [7, 11) is 0. The summed E-state index contributed by atoms with van der Waals surface area (Å²) in [5.74, 6) is -0.521. The molecule has 1 aromatic carbocycles. The number of imide groups is 1. The lowest BCUT2D eigenvalue weighted by atomic mass is 10.0. The number of nitrogens with one attached hydrogen (secondary N) is 1. The highest BCUT2D eigenvalue weighted by atomic mass is 32.1. The summed E-state index contributed by atoms with van der Waals surface area (Å²) in [4.78, 5) is 25.6. The molecule has 2 heterocycles. The Morgan fingerprint density at radius 1 is 1.40 bits per heavy atom. The van der Waals surface area contributed by atoms with Crippen molar-refractivity contribution in [3.05, 3.63) is 34.9 Å². The molecule has 3 rings (SSSR count). The van der Waals surface area contributed by atoms with Crippen molar-refractivity contribution in [2.24, 2.45) is 0 Å². The number of aliphatic hydroxyl groups excluding tert-OH is 1. The highest BCUT2D eigenvalue weighted by Crippen LogP contribution is 2.30. The van der Waals surface area contributed by atoms with Crippen LogP contribution in [0.1, 0.15) is 29.5 Å². The number of piperidine rings is 1. The Balaban J connectivity index is 1.90.